The van der Waals surface area contributed by atoms with Crippen LogP contribution in [-0.4, -0.2) is 36.4 Å². The zero-order valence-corrected chi connectivity index (χ0v) is 15.8. The molecule has 1 saturated heterocycles. The van der Waals surface area contributed by atoms with Crippen molar-refractivity contribution in [2.24, 2.45) is 0 Å². The standard InChI is InChI=1S/C8H24O4Si4/c1-7-8(2)14-11-15(3,4)9-13-10-16(5,6)12-14/h8,14H,7,13H2,1-6H3. The van der Waals surface area contributed by atoms with E-state index in [2.05, 4.69) is 40.0 Å². The lowest BCUT2D eigenvalue weighted by molar-refractivity contribution is 0.266. The van der Waals surface area contributed by atoms with Crippen LogP contribution in [0.1, 0.15) is 20.3 Å². The lowest BCUT2D eigenvalue weighted by Gasteiger charge is -2.39. The van der Waals surface area contributed by atoms with E-state index in [0.29, 0.717) is 5.54 Å². The molecule has 0 aromatic carbocycles. The summed E-state index contributed by atoms with van der Waals surface area (Å²) in [6, 6.07) is 0. The highest BCUT2D eigenvalue weighted by molar-refractivity contribution is 6.82. The normalized spacial score (nSPS) is 33.0. The van der Waals surface area contributed by atoms with E-state index in [1.54, 1.807) is 0 Å². The van der Waals surface area contributed by atoms with Crippen LogP contribution in [0.2, 0.25) is 31.7 Å². The average molecular weight is 297 g/mol. The van der Waals surface area contributed by atoms with Gasteiger partial charge in [0.25, 0.3) is 10.0 Å². The lowest BCUT2D eigenvalue weighted by Crippen LogP contribution is -2.54. The molecule has 0 radical (unpaired) electrons. The second-order valence-electron chi connectivity index (χ2n) is 5.20. The van der Waals surface area contributed by atoms with Crippen LogP contribution in [0.5, 0.6) is 0 Å². The third kappa shape index (κ3) is 4.53. The molecule has 1 heterocycles. The molecule has 1 fully saturated rings. The Labute approximate surface area is 105 Å². The molecule has 0 bridgehead atoms. The van der Waals surface area contributed by atoms with Gasteiger partial charge in [0.05, 0.1) is 0 Å². The predicted molar refractivity (Wildman–Crippen MR) is 74.7 cm³/mol. The van der Waals surface area contributed by atoms with Crippen LogP contribution in [0.25, 0.3) is 0 Å². The van der Waals surface area contributed by atoms with Gasteiger partial charge in [0.2, 0.25) is 0 Å². The molecule has 1 rings (SSSR count). The Kier molecular flexibility index (Phi) is 5.14. The summed E-state index contributed by atoms with van der Waals surface area (Å²) in [5.74, 6) is 0. The van der Waals surface area contributed by atoms with E-state index in [1.807, 2.05) is 0 Å². The van der Waals surface area contributed by atoms with Gasteiger partial charge < -0.3 is 16.5 Å². The molecule has 4 nitrogen and oxygen atoms in total. The molecule has 1 aliphatic rings. The van der Waals surface area contributed by atoms with Crippen LogP contribution in [-0.2, 0) is 16.5 Å². The van der Waals surface area contributed by atoms with Gasteiger partial charge in [0.1, 0.15) is 0 Å². The first kappa shape index (κ1) is 14.8. The highest BCUT2D eigenvalue weighted by Gasteiger charge is 2.40. The molecule has 1 atom stereocenters. The Bertz CT molecular complexity index is 218. The maximum Gasteiger partial charge on any atom is 0.313 e. The molecular weight excluding hydrogens is 272 g/mol. The van der Waals surface area contributed by atoms with Crippen molar-refractivity contribution >= 4 is 36.4 Å². The summed E-state index contributed by atoms with van der Waals surface area (Å²) >= 11 is 0. The predicted octanol–water partition coefficient (Wildman–Crippen LogP) is 1.49. The third-order valence-corrected chi connectivity index (χ3v) is 17.0. The molecule has 0 N–H and O–H groups in total. The minimum Gasteiger partial charge on any atom is -0.420 e. The summed E-state index contributed by atoms with van der Waals surface area (Å²) in [6.45, 7) is 12.8. The van der Waals surface area contributed by atoms with Gasteiger partial charge in [-0.1, -0.05) is 20.3 Å². The second-order valence-corrected chi connectivity index (χ2v) is 17.1. The first-order chi connectivity index (χ1) is 7.26. The summed E-state index contributed by atoms with van der Waals surface area (Å²) < 4.78 is 24.1. The van der Waals surface area contributed by atoms with E-state index in [0.717, 1.165) is 6.42 Å². The number of hydrogen-bond donors (Lipinski definition) is 0. The Morgan fingerprint density at radius 2 is 1.50 bits per heavy atom. The summed E-state index contributed by atoms with van der Waals surface area (Å²) in [7, 11) is -6.53. The summed E-state index contributed by atoms with van der Waals surface area (Å²) in [4.78, 5) is 0. The quantitative estimate of drug-likeness (QED) is 0.724. The Balaban J connectivity index is 2.75. The molecule has 0 saturated carbocycles. The van der Waals surface area contributed by atoms with Gasteiger partial charge in [-0.05, 0) is 31.7 Å². The van der Waals surface area contributed by atoms with Crippen LogP contribution >= 0.6 is 0 Å². The summed E-state index contributed by atoms with van der Waals surface area (Å²) in [6.07, 6.45) is 1.10. The average Bonchev–Trinajstić information content (AvgIpc) is 2.12. The maximum absolute atomic E-state index is 6.19. The molecule has 0 aromatic heterocycles. The van der Waals surface area contributed by atoms with Crippen LogP contribution in [0, 0.1) is 0 Å². The van der Waals surface area contributed by atoms with E-state index in [-0.39, 0.29) is 0 Å². The van der Waals surface area contributed by atoms with Crippen molar-refractivity contribution in [1.82, 2.24) is 0 Å². The van der Waals surface area contributed by atoms with E-state index >= 15 is 0 Å². The van der Waals surface area contributed by atoms with Crippen molar-refractivity contribution in [3.8, 4) is 0 Å². The highest BCUT2D eigenvalue weighted by atomic mass is 28.5. The Morgan fingerprint density at radius 1 is 1.06 bits per heavy atom. The molecule has 1 aliphatic heterocycles. The van der Waals surface area contributed by atoms with Gasteiger partial charge in [0, 0.05) is 0 Å². The monoisotopic (exact) mass is 296 g/mol. The van der Waals surface area contributed by atoms with Crippen molar-refractivity contribution < 1.29 is 16.5 Å². The maximum atomic E-state index is 6.19. The van der Waals surface area contributed by atoms with Gasteiger partial charge in [0.15, 0.2) is 0 Å². The van der Waals surface area contributed by atoms with Crippen molar-refractivity contribution in [2.45, 2.75) is 52.0 Å². The molecule has 0 spiro atoms. The molecule has 0 amide bonds. The SMILES string of the molecule is CCC(C)[SiH]1O[Si](C)(C)O[SiH2]O[Si](C)(C)O1. The van der Waals surface area contributed by atoms with E-state index in [1.165, 1.54) is 0 Å². The van der Waals surface area contributed by atoms with Crippen LogP contribution in [0.3, 0.4) is 0 Å². The first-order valence-electron chi connectivity index (χ1n) is 5.89. The van der Waals surface area contributed by atoms with Crippen LogP contribution in [0.15, 0.2) is 0 Å². The van der Waals surface area contributed by atoms with Gasteiger partial charge in [-0.15, -0.1) is 0 Å². The number of rotatable bonds is 2. The molecular formula is C8H24O4Si4. The summed E-state index contributed by atoms with van der Waals surface area (Å²) in [5, 5.41) is 0. The van der Waals surface area contributed by atoms with Gasteiger partial charge in [-0.3, -0.25) is 0 Å². The largest absolute Gasteiger partial charge is 0.420 e. The Morgan fingerprint density at radius 3 is 1.88 bits per heavy atom. The van der Waals surface area contributed by atoms with Crippen molar-refractivity contribution in [1.29, 1.82) is 0 Å². The molecule has 96 valence electrons. The van der Waals surface area contributed by atoms with Crippen LogP contribution < -0.4 is 0 Å². The molecule has 16 heavy (non-hydrogen) atoms. The minimum atomic E-state index is -1.98. The van der Waals surface area contributed by atoms with Crippen LogP contribution in [0.4, 0.5) is 0 Å². The van der Waals surface area contributed by atoms with Crippen molar-refractivity contribution in [3.05, 3.63) is 0 Å². The fraction of sp³-hybridized carbons (Fsp3) is 1.00. The van der Waals surface area contributed by atoms with Crippen molar-refractivity contribution in [2.75, 3.05) is 0 Å². The zero-order valence-electron chi connectivity index (χ0n) is 11.2. The topological polar surface area (TPSA) is 36.9 Å². The minimum absolute atomic E-state index is 0.519. The Hall–Kier alpha value is 0.708. The first-order valence-corrected chi connectivity index (χ1v) is 14.3. The summed E-state index contributed by atoms with van der Waals surface area (Å²) in [5.41, 5.74) is 0.519. The number of hydrogen-bond acceptors (Lipinski definition) is 4. The van der Waals surface area contributed by atoms with Crippen molar-refractivity contribution in [3.63, 3.8) is 0 Å². The van der Waals surface area contributed by atoms with Gasteiger partial charge >= 0.3 is 26.4 Å². The highest BCUT2D eigenvalue weighted by Crippen LogP contribution is 2.25. The van der Waals surface area contributed by atoms with Gasteiger partial charge in [-0.2, -0.15) is 0 Å². The van der Waals surface area contributed by atoms with Gasteiger partial charge in [-0.25, -0.2) is 0 Å². The zero-order chi connectivity index (χ0) is 12.4. The third-order valence-electron chi connectivity index (χ3n) is 2.72. The fourth-order valence-corrected chi connectivity index (χ4v) is 13.5. The molecule has 1 unspecified atom stereocenters. The van der Waals surface area contributed by atoms with E-state index in [9.17, 15) is 0 Å². The fourth-order valence-electron chi connectivity index (χ4n) is 1.39. The smallest absolute Gasteiger partial charge is 0.313 e. The molecule has 8 heteroatoms. The lowest BCUT2D eigenvalue weighted by atomic mass is 10.4. The van der Waals surface area contributed by atoms with E-state index < -0.39 is 36.4 Å². The molecule has 0 aromatic rings. The van der Waals surface area contributed by atoms with E-state index in [4.69, 9.17) is 16.5 Å². The second kappa shape index (κ2) is 5.57. The molecule has 0 aliphatic carbocycles.